The van der Waals surface area contributed by atoms with Crippen LogP contribution < -0.4 is 4.90 Å². The number of hydrogen-bond donors (Lipinski definition) is 2. The van der Waals surface area contributed by atoms with Crippen LogP contribution in [0.25, 0.3) is 44.7 Å². The third-order valence-electron chi connectivity index (χ3n) is 6.48. The van der Waals surface area contributed by atoms with Crippen LogP contribution in [0.5, 0.6) is 0 Å². The fourth-order valence-corrected chi connectivity index (χ4v) is 4.65. The number of rotatable bonds is 3. The summed E-state index contributed by atoms with van der Waals surface area (Å²) in [5.74, 6) is 0.963. The van der Waals surface area contributed by atoms with Crippen LogP contribution in [0.1, 0.15) is 25.1 Å². The molecule has 1 aliphatic rings. The Morgan fingerprint density at radius 1 is 1.00 bits per heavy atom. The van der Waals surface area contributed by atoms with Crippen molar-refractivity contribution < 1.29 is 0 Å². The first kappa shape index (κ1) is 18.2. The predicted molar refractivity (Wildman–Crippen MR) is 124 cm³/mol. The lowest BCUT2D eigenvalue weighted by molar-refractivity contribution is 0.579. The van der Waals surface area contributed by atoms with Crippen LogP contribution in [-0.2, 0) is 7.05 Å². The van der Waals surface area contributed by atoms with Gasteiger partial charge in [0.25, 0.3) is 0 Å². The normalized spacial score (nSPS) is 14.7. The van der Waals surface area contributed by atoms with Crippen LogP contribution in [-0.4, -0.2) is 42.8 Å². The van der Waals surface area contributed by atoms with E-state index in [0.29, 0.717) is 0 Å². The predicted octanol–water partition coefficient (Wildman–Crippen LogP) is 4.81. The van der Waals surface area contributed by atoms with E-state index >= 15 is 0 Å². The monoisotopic (exact) mass is 411 g/mol. The molecule has 31 heavy (non-hydrogen) atoms. The first-order chi connectivity index (χ1) is 15.2. The summed E-state index contributed by atoms with van der Waals surface area (Å²) in [7, 11) is 2.01. The summed E-state index contributed by atoms with van der Waals surface area (Å²) in [6.45, 7) is 4.25. The molecule has 0 saturated carbocycles. The summed E-state index contributed by atoms with van der Waals surface area (Å²) in [4.78, 5) is 15.5. The standard InChI is InChI=1S/C24H25N7/c1-15-25-14-22(30(15)2)18-9-10-19-23(27-18)24(29-28-19)20-13-16-17(26-20)7-6-8-21(16)31-11-4-3-5-12-31/h6-10,13-14,26H,3-5,11-12H2,1-2H3,(H,28,29). The fourth-order valence-electron chi connectivity index (χ4n) is 4.65. The molecule has 0 amide bonds. The smallest absolute Gasteiger partial charge is 0.135 e. The topological polar surface area (TPSA) is 78.4 Å². The SMILES string of the molecule is Cc1ncc(-c2ccc3[nH]nc(-c4cc5c(N6CCCCC6)cccc5[nH]4)c3n2)n1C. The Balaban J connectivity index is 1.47. The Labute approximate surface area is 180 Å². The number of aryl methyl sites for hydroxylation is 1. The Morgan fingerprint density at radius 3 is 2.68 bits per heavy atom. The van der Waals surface area contributed by atoms with Crippen LogP contribution in [0.4, 0.5) is 5.69 Å². The quantitative estimate of drug-likeness (QED) is 0.447. The van der Waals surface area contributed by atoms with Gasteiger partial charge in [0.05, 0.1) is 28.8 Å². The first-order valence-corrected chi connectivity index (χ1v) is 10.9. The number of piperidine rings is 1. The molecule has 5 aromatic rings. The minimum Gasteiger partial charge on any atom is -0.371 e. The maximum Gasteiger partial charge on any atom is 0.135 e. The van der Waals surface area contributed by atoms with Gasteiger partial charge >= 0.3 is 0 Å². The highest BCUT2D eigenvalue weighted by molar-refractivity contribution is 5.99. The van der Waals surface area contributed by atoms with Crippen molar-refractivity contribution in [1.82, 2.24) is 29.7 Å². The Morgan fingerprint density at radius 2 is 1.87 bits per heavy atom. The van der Waals surface area contributed by atoms with Gasteiger partial charge in [0, 0.05) is 36.7 Å². The van der Waals surface area contributed by atoms with Crippen LogP contribution in [0.3, 0.4) is 0 Å². The molecule has 5 heterocycles. The molecule has 0 bridgehead atoms. The zero-order valence-corrected chi connectivity index (χ0v) is 17.8. The molecule has 0 atom stereocenters. The van der Waals surface area contributed by atoms with E-state index in [-0.39, 0.29) is 0 Å². The molecule has 1 aromatic carbocycles. The average molecular weight is 412 g/mol. The van der Waals surface area contributed by atoms with Gasteiger partial charge < -0.3 is 14.5 Å². The number of fused-ring (bicyclic) bond motifs is 2. The number of imidazole rings is 1. The molecule has 1 aliphatic heterocycles. The molecular formula is C24H25N7. The number of H-pyrrole nitrogens is 2. The van der Waals surface area contributed by atoms with Gasteiger partial charge in [0.15, 0.2) is 0 Å². The van der Waals surface area contributed by atoms with Gasteiger partial charge in [-0.2, -0.15) is 5.10 Å². The Bertz CT molecular complexity index is 1400. The van der Waals surface area contributed by atoms with Gasteiger partial charge in [-0.15, -0.1) is 0 Å². The molecule has 0 spiro atoms. The van der Waals surface area contributed by atoms with Crippen molar-refractivity contribution in [2.45, 2.75) is 26.2 Å². The number of hydrogen-bond acceptors (Lipinski definition) is 4. The molecule has 0 unspecified atom stereocenters. The molecule has 0 radical (unpaired) electrons. The number of pyridine rings is 1. The van der Waals surface area contributed by atoms with Gasteiger partial charge in [0.2, 0.25) is 0 Å². The van der Waals surface area contributed by atoms with Crippen molar-refractivity contribution in [3.8, 4) is 22.8 Å². The minimum atomic E-state index is 0.844. The van der Waals surface area contributed by atoms with Crippen LogP contribution in [0, 0.1) is 6.92 Å². The molecule has 0 aliphatic carbocycles. The first-order valence-electron chi connectivity index (χ1n) is 10.9. The largest absolute Gasteiger partial charge is 0.371 e. The highest BCUT2D eigenvalue weighted by Crippen LogP contribution is 2.34. The van der Waals surface area contributed by atoms with Gasteiger partial charge in [0.1, 0.15) is 17.0 Å². The molecule has 6 rings (SSSR count). The third-order valence-corrected chi connectivity index (χ3v) is 6.48. The van der Waals surface area contributed by atoms with E-state index < -0.39 is 0 Å². The molecule has 7 heteroatoms. The Hall–Kier alpha value is -3.61. The molecule has 1 fully saturated rings. The third kappa shape index (κ3) is 2.91. The highest BCUT2D eigenvalue weighted by Gasteiger charge is 2.18. The number of anilines is 1. The van der Waals surface area contributed by atoms with Gasteiger partial charge in [-0.1, -0.05) is 6.07 Å². The second-order valence-electron chi connectivity index (χ2n) is 8.38. The molecule has 2 N–H and O–H groups in total. The molecule has 7 nitrogen and oxygen atoms in total. The second kappa shape index (κ2) is 6.97. The van der Waals surface area contributed by atoms with Gasteiger partial charge in [-0.25, -0.2) is 9.97 Å². The lowest BCUT2D eigenvalue weighted by Gasteiger charge is -2.29. The van der Waals surface area contributed by atoms with E-state index in [0.717, 1.165) is 58.2 Å². The van der Waals surface area contributed by atoms with Crippen molar-refractivity contribution in [3.63, 3.8) is 0 Å². The van der Waals surface area contributed by atoms with Crippen LogP contribution in [0.15, 0.2) is 42.6 Å². The van der Waals surface area contributed by atoms with Gasteiger partial charge in [-0.05, 0) is 56.5 Å². The summed E-state index contributed by atoms with van der Waals surface area (Å²) in [5.41, 5.74) is 7.94. The lowest BCUT2D eigenvalue weighted by Crippen LogP contribution is -2.29. The van der Waals surface area contributed by atoms with E-state index in [1.54, 1.807) is 0 Å². The molecule has 156 valence electrons. The van der Waals surface area contributed by atoms with E-state index in [2.05, 4.69) is 53.9 Å². The average Bonchev–Trinajstić information content (AvgIpc) is 3.50. The number of aromatic nitrogens is 6. The zero-order valence-electron chi connectivity index (χ0n) is 17.8. The number of benzene rings is 1. The summed E-state index contributed by atoms with van der Waals surface area (Å²) >= 11 is 0. The second-order valence-corrected chi connectivity index (χ2v) is 8.38. The van der Waals surface area contributed by atoms with E-state index in [1.807, 2.05) is 32.3 Å². The summed E-state index contributed by atoms with van der Waals surface area (Å²) in [6.07, 6.45) is 5.72. The lowest BCUT2D eigenvalue weighted by atomic mass is 10.1. The molecule has 4 aromatic heterocycles. The molecular weight excluding hydrogens is 386 g/mol. The van der Waals surface area contributed by atoms with Crippen LogP contribution in [0.2, 0.25) is 0 Å². The summed E-state index contributed by atoms with van der Waals surface area (Å²) < 4.78 is 2.06. The number of nitrogens with zero attached hydrogens (tertiary/aromatic N) is 5. The van der Waals surface area contributed by atoms with E-state index in [4.69, 9.17) is 4.98 Å². The maximum atomic E-state index is 4.95. The van der Waals surface area contributed by atoms with E-state index in [1.165, 1.54) is 30.3 Å². The summed E-state index contributed by atoms with van der Waals surface area (Å²) in [6, 6.07) is 12.8. The van der Waals surface area contributed by atoms with Gasteiger partial charge in [-0.3, -0.25) is 5.10 Å². The van der Waals surface area contributed by atoms with Crippen molar-refractivity contribution in [3.05, 3.63) is 48.4 Å². The van der Waals surface area contributed by atoms with Crippen LogP contribution >= 0.6 is 0 Å². The van der Waals surface area contributed by atoms with E-state index in [9.17, 15) is 0 Å². The molecule has 1 saturated heterocycles. The van der Waals surface area contributed by atoms with Crippen molar-refractivity contribution in [1.29, 1.82) is 0 Å². The highest BCUT2D eigenvalue weighted by atomic mass is 15.1. The van der Waals surface area contributed by atoms with Crippen molar-refractivity contribution in [2.24, 2.45) is 7.05 Å². The Kier molecular flexibility index (Phi) is 4.09. The minimum absolute atomic E-state index is 0.844. The fraction of sp³-hybridized carbons (Fsp3) is 0.292. The van der Waals surface area contributed by atoms with Crippen molar-refractivity contribution in [2.75, 3.05) is 18.0 Å². The number of aromatic amines is 2. The summed E-state index contributed by atoms with van der Waals surface area (Å²) in [5, 5.41) is 9.00. The maximum absolute atomic E-state index is 4.95. The zero-order chi connectivity index (χ0) is 20.9. The number of nitrogens with one attached hydrogen (secondary N) is 2. The van der Waals surface area contributed by atoms with Crippen molar-refractivity contribution >= 4 is 27.6 Å².